The molecule has 1 aromatic heterocycles. The fourth-order valence-corrected chi connectivity index (χ4v) is 3.61. The lowest BCUT2D eigenvalue weighted by Crippen LogP contribution is -2.14. The van der Waals surface area contributed by atoms with E-state index in [1.54, 1.807) is 17.8 Å². The Kier molecular flexibility index (Phi) is 3.63. The van der Waals surface area contributed by atoms with Gasteiger partial charge >= 0.3 is 5.97 Å². The van der Waals surface area contributed by atoms with Crippen molar-refractivity contribution in [3.8, 4) is 0 Å². The van der Waals surface area contributed by atoms with E-state index >= 15 is 0 Å². The molecule has 5 heteroatoms. The van der Waals surface area contributed by atoms with Crippen LogP contribution in [0.1, 0.15) is 23.8 Å². The van der Waals surface area contributed by atoms with E-state index in [0.29, 0.717) is 5.25 Å². The normalized spacial score (nSPS) is 22.2. The van der Waals surface area contributed by atoms with Crippen molar-refractivity contribution in [1.82, 2.24) is 4.98 Å². The maximum atomic E-state index is 11.2. The van der Waals surface area contributed by atoms with Crippen molar-refractivity contribution in [2.75, 3.05) is 6.61 Å². The molecule has 1 aromatic carbocycles. The number of aromatic carboxylic acids is 1. The molecule has 1 fully saturated rings. The van der Waals surface area contributed by atoms with Crippen LogP contribution in [0.25, 0.3) is 10.8 Å². The lowest BCUT2D eigenvalue weighted by molar-refractivity contribution is 0.0690. The van der Waals surface area contributed by atoms with E-state index in [2.05, 4.69) is 4.98 Å². The third kappa shape index (κ3) is 2.51. The monoisotopic (exact) mass is 289 g/mol. The Hall–Kier alpha value is -1.59. The number of rotatable bonds is 3. The van der Waals surface area contributed by atoms with Crippen LogP contribution >= 0.6 is 11.8 Å². The Bertz CT molecular complexity index is 659. The number of pyridine rings is 1. The predicted octanol–water partition coefficient (Wildman–Crippen LogP) is 3.20. The lowest BCUT2D eigenvalue weighted by Gasteiger charge is -2.14. The van der Waals surface area contributed by atoms with Crippen molar-refractivity contribution in [3.05, 3.63) is 36.0 Å². The molecule has 0 amide bonds. The zero-order valence-corrected chi connectivity index (χ0v) is 11.9. The van der Waals surface area contributed by atoms with E-state index in [9.17, 15) is 9.90 Å². The number of fused-ring (bicyclic) bond motifs is 1. The van der Waals surface area contributed by atoms with Gasteiger partial charge in [0.25, 0.3) is 0 Å². The van der Waals surface area contributed by atoms with Crippen molar-refractivity contribution in [2.45, 2.75) is 29.7 Å². The molecule has 4 nitrogen and oxygen atoms in total. The Morgan fingerprint density at radius 2 is 2.25 bits per heavy atom. The molecule has 2 unspecified atom stereocenters. The molecule has 2 atom stereocenters. The fourth-order valence-electron chi connectivity index (χ4n) is 2.38. The molecule has 104 valence electrons. The molecule has 0 spiro atoms. The molecule has 1 N–H and O–H groups in total. The van der Waals surface area contributed by atoms with E-state index in [1.165, 1.54) is 0 Å². The van der Waals surface area contributed by atoms with Gasteiger partial charge in [0.2, 0.25) is 0 Å². The zero-order valence-electron chi connectivity index (χ0n) is 11.1. The second-order valence-electron chi connectivity index (χ2n) is 4.86. The molecule has 1 aliphatic rings. The number of carboxylic acid groups (broad SMARTS) is 1. The van der Waals surface area contributed by atoms with Crippen molar-refractivity contribution < 1.29 is 14.6 Å². The van der Waals surface area contributed by atoms with Crippen LogP contribution in [0.3, 0.4) is 0 Å². The van der Waals surface area contributed by atoms with Crippen LogP contribution in [-0.2, 0) is 4.74 Å². The molecule has 1 aliphatic heterocycles. The Balaban J connectivity index is 2.05. The van der Waals surface area contributed by atoms with Gasteiger partial charge in [-0.15, -0.1) is 0 Å². The first kappa shape index (κ1) is 13.4. The molecule has 0 bridgehead atoms. The van der Waals surface area contributed by atoms with Gasteiger partial charge in [0.05, 0.1) is 6.10 Å². The summed E-state index contributed by atoms with van der Waals surface area (Å²) >= 11 is 1.62. The summed E-state index contributed by atoms with van der Waals surface area (Å²) in [7, 11) is 0. The summed E-state index contributed by atoms with van der Waals surface area (Å²) in [5.74, 6) is -0.992. The van der Waals surface area contributed by atoms with Crippen LogP contribution in [0.5, 0.6) is 0 Å². The number of hydrogen-bond acceptors (Lipinski definition) is 4. The van der Waals surface area contributed by atoms with E-state index in [1.807, 2.05) is 31.2 Å². The number of benzene rings is 1. The SMILES string of the molecule is CC1OCCC1Sc1nc(C(=O)O)cc2ccccc12. The average Bonchev–Trinajstić information content (AvgIpc) is 2.84. The minimum Gasteiger partial charge on any atom is -0.477 e. The molecule has 20 heavy (non-hydrogen) atoms. The third-order valence-corrected chi connectivity index (χ3v) is 4.95. The first-order valence-corrected chi connectivity index (χ1v) is 7.44. The molecule has 3 rings (SSSR count). The number of hydrogen-bond donors (Lipinski definition) is 1. The minimum absolute atomic E-state index is 0.0952. The number of carbonyl (C=O) groups is 1. The summed E-state index contributed by atoms with van der Waals surface area (Å²) in [6, 6.07) is 9.38. The second-order valence-corrected chi connectivity index (χ2v) is 6.09. The minimum atomic E-state index is -0.992. The molecular weight excluding hydrogens is 274 g/mol. The Morgan fingerprint density at radius 1 is 1.45 bits per heavy atom. The van der Waals surface area contributed by atoms with Gasteiger partial charge in [0.1, 0.15) is 10.7 Å². The van der Waals surface area contributed by atoms with Gasteiger partial charge in [-0.2, -0.15) is 0 Å². The predicted molar refractivity (Wildman–Crippen MR) is 78.4 cm³/mol. The van der Waals surface area contributed by atoms with Gasteiger partial charge in [0.15, 0.2) is 0 Å². The average molecular weight is 289 g/mol. The third-order valence-electron chi connectivity index (χ3n) is 3.49. The number of thioether (sulfide) groups is 1. The van der Waals surface area contributed by atoms with Gasteiger partial charge in [-0.05, 0) is 24.8 Å². The summed E-state index contributed by atoms with van der Waals surface area (Å²) in [6.45, 7) is 2.81. The second kappa shape index (κ2) is 5.42. The molecule has 0 aliphatic carbocycles. The van der Waals surface area contributed by atoms with Crippen molar-refractivity contribution in [3.63, 3.8) is 0 Å². The summed E-state index contributed by atoms with van der Waals surface area (Å²) in [5, 5.41) is 12.2. The lowest BCUT2D eigenvalue weighted by atomic mass is 10.1. The summed E-state index contributed by atoms with van der Waals surface area (Å²) in [5.41, 5.74) is 0.0952. The van der Waals surface area contributed by atoms with Gasteiger partial charge in [-0.3, -0.25) is 0 Å². The van der Waals surface area contributed by atoms with Crippen LogP contribution in [0, 0.1) is 0 Å². The fraction of sp³-hybridized carbons (Fsp3) is 0.333. The Morgan fingerprint density at radius 3 is 2.95 bits per heavy atom. The summed E-state index contributed by atoms with van der Waals surface area (Å²) in [6.07, 6.45) is 1.15. The zero-order chi connectivity index (χ0) is 14.1. The van der Waals surface area contributed by atoms with Gasteiger partial charge in [-0.1, -0.05) is 36.0 Å². The molecule has 1 saturated heterocycles. The van der Waals surface area contributed by atoms with E-state index < -0.39 is 5.97 Å². The first-order valence-electron chi connectivity index (χ1n) is 6.56. The van der Waals surface area contributed by atoms with E-state index in [4.69, 9.17) is 4.74 Å². The Labute approximate surface area is 121 Å². The molecular formula is C15H15NO3S. The highest BCUT2D eigenvalue weighted by Crippen LogP contribution is 2.35. The van der Waals surface area contributed by atoms with Gasteiger partial charge in [0, 0.05) is 17.2 Å². The molecule has 2 heterocycles. The molecule has 2 aromatic rings. The number of aromatic nitrogens is 1. The van der Waals surface area contributed by atoms with Gasteiger partial charge < -0.3 is 9.84 Å². The highest BCUT2D eigenvalue weighted by atomic mass is 32.2. The quantitative estimate of drug-likeness (QED) is 0.940. The van der Waals surface area contributed by atoms with Crippen molar-refractivity contribution in [1.29, 1.82) is 0 Å². The molecule has 0 saturated carbocycles. The van der Waals surface area contributed by atoms with Crippen LogP contribution in [0.4, 0.5) is 0 Å². The maximum absolute atomic E-state index is 11.2. The van der Waals surface area contributed by atoms with E-state index in [-0.39, 0.29) is 11.8 Å². The number of ether oxygens (including phenoxy) is 1. The largest absolute Gasteiger partial charge is 0.477 e. The van der Waals surface area contributed by atoms with Crippen LogP contribution in [0.15, 0.2) is 35.4 Å². The van der Waals surface area contributed by atoms with Gasteiger partial charge in [-0.25, -0.2) is 9.78 Å². The van der Waals surface area contributed by atoms with Crippen LogP contribution in [0.2, 0.25) is 0 Å². The standard InChI is InChI=1S/C15H15NO3S/c1-9-13(6-7-19-9)20-14-11-5-3-2-4-10(11)8-12(16-14)15(17)18/h2-5,8-9,13H,6-7H2,1H3,(H,17,18). The van der Waals surface area contributed by atoms with Crippen LogP contribution < -0.4 is 0 Å². The number of carboxylic acids is 1. The molecule has 0 radical (unpaired) electrons. The maximum Gasteiger partial charge on any atom is 0.354 e. The van der Waals surface area contributed by atoms with Crippen molar-refractivity contribution in [2.24, 2.45) is 0 Å². The summed E-state index contributed by atoms with van der Waals surface area (Å²) in [4.78, 5) is 15.5. The first-order chi connectivity index (χ1) is 9.65. The highest BCUT2D eigenvalue weighted by Gasteiger charge is 2.26. The van der Waals surface area contributed by atoms with Crippen LogP contribution in [-0.4, -0.2) is 34.0 Å². The topological polar surface area (TPSA) is 59.4 Å². The van der Waals surface area contributed by atoms with Crippen molar-refractivity contribution >= 4 is 28.5 Å². The van der Waals surface area contributed by atoms with E-state index in [0.717, 1.165) is 28.8 Å². The smallest absolute Gasteiger partial charge is 0.354 e. The highest BCUT2D eigenvalue weighted by molar-refractivity contribution is 8.00. The summed E-state index contributed by atoms with van der Waals surface area (Å²) < 4.78 is 5.56. The number of nitrogens with zero attached hydrogens (tertiary/aromatic N) is 1.